The van der Waals surface area contributed by atoms with Crippen LogP contribution in [-0.2, 0) is 0 Å². The van der Waals surface area contributed by atoms with E-state index in [0.29, 0.717) is 11.9 Å². The lowest BCUT2D eigenvalue weighted by atomic mass is 10.1. The van der Waals surface area contributed by atoms with Crippen molar-refractivity contribution in [2.45, 2.75) is 38.6 Å². The molecule has 0 amide bonds. The average Bonchev–Trinajstić information content (AvgIpc) is 3.07. The van der Waals surface area contributed by atoms with E-state index in [-0.39, 0.29) is 5.95 Å². The first-order chi connectivity index (χ1) is 9.70. The van der Waals surface area contributed by atoms with Crippen LogP contribution in [0.5, 0.6) is 0 Å². The van der Waals surface area contributed by atoms with Crippen molar-refractivity contribution in [2.24, 2.45) is 5.92 Å². The maximum absolute atomic E-state index is 5.77. The second-order valence-corrected chi connectivity index (χ2v) is 5.49. The Bertz CT molecular complexity index is 561. The molecule has 0 bridgehead atoms. The molecule has 0 saturated heterocycles. The van der Waals surface area contributed by atoms with Crippen molar-refractivity contribution in [1.82, 2.24) is 19.7 Å². The second-order valence-electron chi connectivity index (χ2n) is 5.49. The fraction of sp³-hybridized carbons (Fsp3) is 0.500. The smallest absolute Gasteiger partial charge is 0.224 e. The Kier molecular flexibility index (Phi) is 3.54. The minimum atomic E-state index is 0.259. The molecule has 106 valence electrons. The van der Waals surface area contributed by atoms with Crippen LogP contribution in [0.25, 0.3) is 5.82 Å². The van der Waals surface area contributed by atoms with Crippen LogP contribution in [0.4, 0.5) is 11.8 Å². The summed E-state index contributed by atoms with van der Waals surface area (Å²) in [6.07, 6.45) is 8.80. The van der Waals surface area contributed by atoms with Crippen molar-refractivity contribution in [2.75, 3.05) is 11.1 Å². The number of nitrogens with two attached hydrogens (primary N) is 1. The number of anilines is 2. The maximum atomic E-state index is 5.77. The van der Waals surface area contributed by atoms with E-state index in [1.54, 1.807) is 10.9 Å². The van der Waals surface area contributed by atoms with Gasteiger partial charge in [0.1, 0.15) is 5.82 Å². The summed E-state index contributed by atoms with van der Waals surface area (Å²) in [6.45, 7) is 2.17. The van der Waals surface area contributed by atoms with E-state index in [4.69, 9.17) is 5.73 Å². The van der Waals surface area contributed by atoms with Gasteiger partial charge in [-0.1, -0.05) is 12.8 Å². The van der Waals surface area contributed by atoms with Gasteiger partial charge in [0, 0.05) is 24.5 Å². The van der Waals surface area contributed by atoms with Crippen molar-refractivity contribution >= 4 is 11.8 Å². The third kappa shape index (κ3) is 3.26. The van der Waals surface area contributed by atoms with Crippen molar-refractivity contribution < 1.29 is 0 Å². The van der Waals surface area contributed by atoms with Gasteiger partial charge in [-0.15, -0.1) is 0 Å². The predicted octanol–water partition coefficient (Wildman–Crippen LogP) is 2.24. The quantitative estimate of drug-likeness (QED) is 0.842. The van der Waals surface area contributed by atoms with Gasteiger partial charge in [0.25, 0.3) is 0 Å². The third-order valence-electron chi connectivity index (χ3n) is 3.57. The molecule has 20 heavy (non-hydrogen) atoms. The third-order valence-corrected chi connectivity index (χ3v) is 3.57. The van der Waals surface area contributed by atoms with Gasteiger partial charge in [-0.05, 0) is 31.7 Å². The zero-order valence-corrected chi connectivity index (χ0v) is 11.7. The molecule has 6 heteroatoms. The first kappa shape index (κ1) is 12.9. The SMILES string of the molecule is CC(CCC1CC1)Nc1cc(-n2cccn2)nc(N)n1. The molecular formula is C14H20N6. The molecule has 0 aromatic carbocycles. The molecule has 0 aliphatic heterocycles. The number of nitrogens with zero attached hydrogens (tertiary/aromatic N) is 4. The molecular weight excluding hydrogens is 252 g/mol. The largest absolute Gasteiger partial charge is 0.368 e. The number of nitrogen functional groups attached to an aromatic ring is 1. The number of rotatable bonds is 6. The molecule has 1 atom stereocenters. The molecule has 0 radical (unpaired) electrons. The van der Waals surface area contributed by atoms with Gasteiger partial charge < -0.3 is 11.1 Å². The molecule has 2 heterocycles. The number of aromatic nitrogens is 4. The normalized spacial score (nSPS) is 16.1. The predicted molar refractivity (Wildman–Crippen MR) is 78.6 cm³/mol. The first-order valence-corrected chi connectivity index (χ1v) is 7.12. The monoisotopic (exact) mass is 272 g/mol. The van der Waals surface area contributed by atoms with Gasteiger partial charge >= 0.3 is 0 Å². The van der Waals surface area contributed by atoms with E-state index in [0.717, 1.165) is 18.2 Å². The van der Waals surface area contributed by atoms with Crippen LogP contribution in [0.2, 0.25) is 0 Å². The van der Waals surface area contributed by atoms with Crippen LogP contribution >= 0.6 is 0 Å². The minimum Gasteiger partial charge on any atom is -0.368 e. The highest BCUT2D eigenvalue weighted by molar-refractivity contribution is 5.45. The zero-order chi connectivity index (χ0) is 13.9. The van der Waals surface area contributed by atoms with Gasteiger partial charge in [-0.3, -0.25) is 0 Å². The highest BCUT2D eigenvalue weighted by Gasteiger charge is 2.21. The summed E-state index contributed by atoms with van der Waals surface area (Å²) < 4.78 is 1.68. The standard InChI is InChI=1S/C14H20N6/c1-10(3-4-11-5-6-11)17-12-9-13(19-14(15)18-12)20-8-2-7-16-20/h2,7-11H,3-6H2,1H3,(H3,15,17,18,19). The highest BCUT2D eigenvalue weighted by atomic mass is 15.3. The fourth-order valence-electron chi connectivity index (χ4n) is 2.27. The molecule has 2 aromatic heterocycles. The molecule has 1 aliphatic carbocycles. The Morgan fingerprint density at radius 3 is 3.00 bits per heavy atom. The number of nitrogens with one attached hydrogen (secondary N) is 1. The lowest BCUT2D eigenvalue weighted by Gasteiger charge is -2.15. The lowest BCUT2D eigenvalue weighted by molar-refractivity contribution is 0.608. The molecule has 1 fully saturated rings. The zero-order valence-electron chi connectivity index (χ0n) is 11.7. The van der Waals surface area contributed by atoms with Crippen molar-refractivity contribution in [3.8, 4) is 5.82 Å². The topological polar surface area (TPSA) is 81.7 Å². The van der Waals surface area contributed by atoms with Crippen molar-refractivity contribution in [3.05, 3.63) is 24.5 Å². The molecule has 1 unspecified atom stereocenters. The van der Waals surface area contributed by atoms with Crippen LogP contribution in [0.1, 0.15) is 32.6 Å². The van der Waals surface area contributed by atoms with Gasteiger partial charge in [0.15, 0.2) is 5.82 Å². The Morgan fingerprint density at radius 2 is 2.30 bits per heavy atom. The van der Waals surface area contributed by atoms with Crippen LogP contribution in [0.3, 0.4) is 0 Å². The van der Waals surface area contributed by atoms with E-state index >= 15 is 0 Å². The molecule has 2 aromatic rings. The molecule has 1 saturated carbocycles. The van der Waals surface area contributed by atoms with Gasteiger partial charge in [-0.2, -0.15) is 15.1 Å². The van der Waals surface area contributed by atoms with Crippen LogP contribution < -0.4 is 11.1 Å². The van der Waals surface area contributed by atoms with Crippen LogP contribution in [0, 0.1) is 5.92 Å². The molecule has 6 nitrogen and oxygen atoms in total. The highest BCUT2D eigenvalue weighted by Crippen LogP contribution is 2.34. The molecule has 1 aliphatic rings. The second kappa shape index (κ2) is 5.48. The van der Waals surface area contributed by atoms with Crippen molar-refractivity contribution in [1.29, 1.82) is 0 Å². The van der Waals surface area contributed by atoms with E-state index < -0.39 is 0 Å². The lowest BCUT2D eigenvalue weighted by Crippen LogP contribution is -2.17. The summed E-state index contributed by atoms with van der Waals surface area (Å²) in [6, 6.07) is 4.11. The number of hydrogen-bond acceptors (Lipinski definition) is 5. The van der Waals surface area contributed by atoms with E-state index in [9.17, 15) is 0 Å². The number of hydrogen-bond donors (Lipinski definition) is 2. The minimum absolute atomic E-state index is 0.259. The maximum Gasteiger partial charge on any atom is 0.224 e. The Labute approximate surface area is 118 Å². The van der Waals surface area contributed by atoms with E-state index in [1.807, 2.05) is 18.3 Å². The summed E-state index contributed by atoms with van der Waals surface area (Å²) in [5.74, 6) is 2.65. The molecule has 3 N–H and O–H groups in total. The molecule has 0 spiro atoms. The van der Waals surface area contributed by atoms with Gasteiger partial charge in [0.05, 0.1) is 0 Å². The Morgan fingerprint density at radius 1 is 1.45 bits per heavy atom. The first-order valence-electron chi connectivity index (χ1n) is 7.12. The van der Waals surface area contributed by atoms with Gasteiger partial charge in [-0.25, -0.2) is 4.68 Å². The Balaban J connectivity index is 1.68. The van der Waals surface area contributed by atoms with Crippen LogP contribution in [0.15, 0.2) is 24.5 Å². The summed E-state index contributed by atoms with van der Waals surface area (Å²) in [5, 5.41) is 7.55. The fourth-order valence-corrected chi connectivity index (χ4v) is 2.27. The van der Waals surface area contributed by atoms with E-state index in [1.165, 1.54) is 19.3 Å². The van der Waals surface area contributed by atoms with Gasteiger partial charge in [0.2, 0.25) is 5.95 Å². The summed E-state index contributed by atoms with van der Waals surface area (Å²) in [7, 11) is 0. The molecule has 3 rings (SSSR count). The summed E-state index contributed by atoms with van der Waals surface area (Å²) in [4.78, 5) is 8.44. The Hall–Kier alpha value is -2.11. The summed E-state index contributed by atoms with van der Waals surface area (Å²) in [5.41, 5.74) is 5.77. The average molecular weight is 272 g/mol. The summed E-state index contributed by atoms with van der Waals surface area (Å²) >= 11 is 0. The van der Waals surface area contributed by atoms with E-state index in [2.05, 4.69) is 27.3 Å². The van der Waals surface area contributed by atoms with Crippen molar-refractivity contribution in [3.63, 3.8) is 0 Å². The van der Waals surface area contributed by atoms with Crippen LogP contribution in [-0.4, -0.2) is 25.8 Å².